The Morgan fingerprint density at radius 1 is 0.786 bits per heavy atom. The van der Waals surface area contributed by atoms with E-state index in [-0.39, 0.29) is 18.3 Å². The number of benzene rings is 2. The van der Waals surface area contributed by atoms with E-state index >= 15 is 0 Å². The van der Waals surface area contributed by atoms with Gasteiger partial charge in [-0.05, 0) is 63.1 Å². The number of hydrogen-bond donors (Lipinski definition) is 0. The average molecular weight is 384 g/mol. The van der Waals surface area contributed by atoms with Crippen LogP contribution in [0.5, 0.6) is 17.2 Å². The first-order chi connectivity index (χ1) is 13.2. The minimum absolute atomic E-state index is 0.277. The molecule has 0 bridgehead atoms. The zero-order valence-corrected chi connectivity index (χ0v) is 17.6. The van der Waals surface area contributed by atoms with Crippen LogP contribution < -0.4 is 14.2 Å². The lowest BCUT2D eigenvalue weighted by Gasteiger charge is -2.32. The minimum Gasteiger partial charge on any atom is -0.497 e. The smallest absolute Gasteiger partial charge is 0.462 e. The second-order valence-electron chi connectivity index (χ2n) is 8.01. The van der Waals surface area contributed by atoms with Gasteiger partial charge in [-0.3, -0.25) is 0 Å². The standard InChI is InChI=1S/C22H29BO5/c1-21(2)22(3,4)28-23(27-21)14-17-9-12-19(20(13-17)25-6)26-15-16-7-10-18(24-5)11-8-16/h7-13H,14-15H2,1-6H3. The topological polar surface area (TPSA) is 46.2 Å². The van der Waals surface area contributed by atoms with E-state index in [2.05, 4.69) is 27.7 Å². The Morgan fingerprint density at radius 3 is 1.96 bits per heavy atom. The summed E-state index contributed by atoms with van der Waals surface area (Å²) in [5, 5.41) is 0. The van der Waals surface area contributed by atoms with Crippen molar-refractivity contribution in [1.82, 2.24) is 0 Å². The number of methoxy groups -OCH3 is 2. The zero-order valence-electron chi connectivity index (χ0n) is 17.6. The normalized spacial score (nSPS) is 17.4. The van der Waals surface area contributed by atoms with Crippen LogP contribution in [0.15, 0.2) is 42.5 Å². The second-order valence-corrected chi connectivity index (χ2v) is 8.01. The van der Waals surface area contributed by atoms with Crippen molar-refractivity contribution >= 4 is 7.12 Å². The van der Waals surface area contributed by atoms with Gasteiger partial charge in [0.25, 0.3) is 0 Å². The minimum atomic E-state index is -0.330. The highest BCUT2D eigenvalue weighted by Gasteiger charge is 2.50. The Kier molecular flexibility index (Phi) is 5.91. The van der Waals surface area contributed by atoms with Crippen LogP contribution in [0.4, 0.5) is 0 Å². The molecule has 0 spiro atoms. The first-order valence-electron chi connectivity index (χ1n) is 9.52. The molecule has 1 aliphatic rings. The van der Waals surface area contributed by atoms with Crippen molar-refractivity contribution in [2.24, 2.45) is 0 Å². The van der Waals surface area contributed by atoms with Crippen LogP contribution in [0.1, 0.15) is 38.8 Å². The fourth-order valence-electron chi connectivity index (χ4n) is 3.08. The summed E-state index contributed by atoms with van der Waals surface area (Å²) in [5.74, 6) is 2.23. The van der Waals surface area contributed by atoms with Crippen LogP contribution in [0.3, 0.4) is 0 Å². The molecule has 28 heavy (non-hydrogen) atoms. The molecule has 2 aromatic rings. The molecule has 3 rings (SSSR count). The lowest BCUT2D eigenvalue weighted by Crippen LogP contribution is -2.41. The van der Waals surface area contributed by atoms with Crippen LogP contribution in [0.25, 0.3) is 0 Å². The van der Waals surface area contributed by atoms with Gasteiger partial charge < -0.3 is 23.5 Å². The highest BCUT2D eigenvalue weighted by molar-refractivity contribution is 6.45. The lowest BCUT2D eigenvalue weighted by molar-refractivity contribution is 0.00578. The number of rotatable bonds is 7. The molecular formula is C22H29BO5. The molecule has 150 valence electrons. The van der Waals surface area contributed by atoms with E-state index in [0.29, 0.717) is 24.4 Å². The summed E-state index contributed by atoms with van der Waals surface area (Å²) in [6, 6.07) is 13.7. The third kappa shape index (κ3) is 4.45. The maximum absolute atomic E-state index is 6.09. The summed E-state index contributed by atoms with van der Waals surface area (Å²) in [7, 11) is 3.02. The highest BCUT2D eigenvalue weighted by atomic mass is 16.7. The van der Waals surface area contributed by atoms with Gasteiger partial charge in [-0.25, -0.2) is 0 Å². The molecule has 5 nitrogen and oxygen atoms in total. The van der Waals surface area contributed by atoms with Gasteiger partial charge in [0.2, 0.25) is 0 Å². The van der Waals surface area contributed by atoms with Crippen LogP contribution in [0.2, 0.25) is 0 Å². The van der Waals surface area contributed by atoms with E-state index in [1.54, 1.807) is 14.2 Å². The molecular weight excluding hydrogens is 355 g/mol. The van der Waals surface area contributed by atoms with Gasteiger partial charge in [-0.15, -0.1) is 0 Å². The zero-order chi connectivity index (χ0) is 20.4. The Balaban J connectivity index is 1.65. The summed E-state index contributed by atoms with van der Waals surface area (Å²) in [6.07, 6.45) is 0.655. The van der Waals surface area contributed by atoms with Crippen molar-refractivity contribution in [3.05, 3.63) is 53.6 Å². The molecule has 0 amide bonds. The van der Waals surface area contributed by atoms with Crippen LogP contribution in [-0.4, -0.2) is 32.5 Å². The molecule has 6 heteroatoms. The maximum Gasteiger partial charge on any atom is 0.462 e. The van der Waals surface area contributed by atoms with Crippen molar-refractivity contribution in [1.29, 1.82) is 0 Å². The van der Waals surface area contributed by atoms with Gasteiger partial charge in [-0.1, -0.05) is 18.2 Å². The summed E-state index contributed by atoms with van der Waals surface area (Å²) in [5.41, 5.74) is 1.48. The average Bonchev–Trinajstić information content (AvgIpc) is 2.87. The van der Waals surface area contributed by atoms with Crippen LogP contribution in [0, 0.1) is 0 Å². The van der Waals surface area contributed by atoms with E-state index in [1.165, 1.54) is 0 Å². The van der Waals surface area contributed by atoms with Crippen LogP contribution in [-0.2, 0) is 22.2 Å². The monoisotopic (exact) mass is 384 g/mol. The van der Waals surface area contributed by atoms with E-state index in [9.17, 15) is 0 Å². The number of hydrogen-bond acceptors (Lipinski definition) is 5. The fraction of sp³-hybridized carbons (Fsp3) is 0.455. The van der Waals surface area contributed by atoms with E-state index in [4.69, 9.17) is 23.5 Å². The fourth-order valence-corrected chi connectivity index (χ4v) is 3.08. The van der Waals surface area contributed by atoms with Gasteiger partial charge in [0.15, 0.2) is 11.5 Å². The lowest BCUT2D eigenvalue weighted by atomic mass is 9.81. The Morgan fingerprint density at radius 2 is 1.39 bits per heavy atom. The summed E-state index contributed by atoms with van der Waals surface area (Å²) in [4.78, 5) is 0. The molecule has 0 N–H and O–H groups in total. The molecule has 0 radical (unpaired) electrons. The summed E-state index contributed by atoms with van der Waals surface area (Å²) >= 11 is 0. The Labute approximate surface area is 168 Å². The van der Waals surface area contributed by atoms with Crippen LogP contribution >= 0.6 is 0 Å². The van der Waals surface area contributed by atoms with Gasteiger partial charge in [-0.2, -0.15) is 0 Å². The molecule has 0 atom stereocenters. The van der Waals surface area contributed by atoms with E-state index in [1.807, 2.05) is 42.5 Å². The highest BCUT2D eigenvalue weighted by Crippen LogP contribution is 2.38. The largest absolute Gasteiger partial charge is 0.497 e. The predicted molar refractivity (Wildman–Crippen MR) is 110 cm³/mol. The molecule has 0 unspecified atom stereocenters. The predicted octanol–water partition coefficient (Wildman–Crippen LogP) is 4.46. The molecule has 0 aromatic heterocycles. The SMILES string of the molecule is COc1ccc(COc2ccc(CB3OC(C)(C)C(C)(C)O3)cc2OC)cc1. The van der Waals surface area contributed by atoms with Gasteiger partial charge in [0.05, 0.1) is 25.4 Å². The molecule has 0 saturated carbocycles. The maximum atomic E-state index is 6.09. The molecule has 1 fully saturated rings. The third-order valence-electron chi connectivity index (χ3n) is 5.49. The van der Waals surface area contributed by atoms with Gasteiger partial charge in [0.1, 0.15) is 12.4 Å². The summed E-state index contributed by atoms with van der Waals surface area (Å²) in [6.45, 7) is 8.69. The van der Waals surface area contributed by atoms with Crippen molar-refractivity contribution in [3.63, 3.8) is 0 Å². The van der Waals surface area contributed by atoms with E-state index < -0.39 is 0 Å². The number of ether oxygens (including phenoxy) is 3. The molecule has 2 aromatic carbocycles. The quantitative estimate of drug-likeness (QED) is 0.660. The Bertz CT molecular complexity index is 785. The summed E-state index contributed by atoms with van der Waals surface area (Å²) < 4.78 is 28.8. The third-order valence-corrected chi connectivity index (χ3v) is 5.49. The van der Waals surface area contributed by atoms with Crippen molar-refractivity contribution in [2.75, 3.05) is 14.2 Å². The van der Waals surface area contributed by atoms with Crippen molar-refractivity contribution in [2.45, 2.75) is 51.8 Å². The molecule has 1 aliphatic heterocycles. The molecule has 1 saturated heterocycles. The van der Waals surface area contributed by atoms with Gasteiger partial charge in [0, 0.05) is 6.32 Å². The molecule has 1 heterocycles. The Hall–Kier alpha value is -2.18. The first-order valence-corrected chi connectivity index (χ1v) is 9.52. The van der Waals surface area contributed by atoms with Crippen molar-refractivity contribution in [3.8, 4) is 17.2 Å². The van der Waals surface area contributed by atoms with Gasteiger partial charge >= 0.3 is 7.12 Å². The first kappa shape index (κ1) is 20.6. The molecule has 0 aliphatic carbocycles. The van der Waals surface area contributed by atoms with Crippen molar-refractivity contribution < 1.29 is 23.5 Å². The second kappa shape index (κ2) is 8.06. The van der Waals surface area contributed by atoms with E-state index in [0.717, 1.165) is 16.9 Å².